The molecule has 1 aliphatic heterocycles. The van der Waals surface area contributed by atoms with Crippen LogP contribution in [0.5, 0.6) is 28.7 Å². The number of benzene rings is 2. The summed E-state index contributed by atoms with van der Waals surface area (Å²) in [5, 5.41) is 9.77. The molecule has 1 aliphatic rings. The lowest BCUT2D eigenvalue weighted by molar-refractivity contribution is 0.173. The average Bonchev–Trinajstić information content (AvgIpc) is 3.01. The Morgan fingerprint density at radius 1 is 1.13 bits per heavy atom. The van der Waals surface area contributed by atoms with Gasteiger partial charge in [0.15, 0.2) is 23.0 Å². The molecule has 122 valence electrons. The molecule has 0 radical (unpaired) electrons. The van der Waals surface area contributed by atoms with Gasteiger partial charge in [-0.1, -0.05) is 13.0 Å². The van der Waals surface area contributed by atoms with E-state index in [0.717, 1.165) is 22.6 Å². The molecule has 0 aliphatic carbocycles. The smallest absolute Gasteiger partial charge is 0.231 e. The maximum Gasteiger partial charge on any atom is 0.231 e. The van der Waals surface area contributed by atoms with E-state index in [1.54, 1.807) is 6.07 Å². The van der Waals surface area contributed by atoms with Crippen molar-refractivity contribution in [1.29, 1.82) is 0 Å². The van der Waals surface area contributed by atoms with E-state index in [1.165, 1.54) is 7.11 Å². The second-order valence-corrected chi connectivity index (χ2v) is 5.33. The highest BCUT2D eigenvalue weighted by Gasteiger charge is 2.22. The minimum Gasteiger partial charge on any atom is -0.504 e. The van der Waals surface area contributed by atoms with Crippen LogP contribution < -0.4 is 18.9 Å². The van der Waals surface area contributed by atoms with Crippen molar-refractivity contribution in [2.45, 2.75) is 19.8 Å². The van der Waals surface area contributed by atoms with Gasteiger partial charge in [-0.3, -0.25) is 0 Å². The predicted octanol–water partition coefficient (Wildman–Crippen LogP) is 3.68. The zero-order valence-corrected chi connectivity index (χ0v) is 13.5. The van der Waals surface area contributed by atoms with Gasteiger partial charge in [-0.05, 0) is 30.7 Å². The van der Waals surface area contributed by atoms with Crippen molar-refractivity contribution in [2.24, 2.45) is 0 Å². The molecule has 1 atom stereocenters. The number of rotatable bonds is 5. The predicted molar refractivity (Wildman–Crippen MR) is 85.9 cm³/mol. The van der Waals surface area contributed by atoms with Gasteiger partial charge in [0, 0.05) is 17.5 Å². The standard InChI is InChI=1S/C18H20O5/c1-4-21-15-9-18-17(22-10-23-18)8-13(15)11(2)12-5-6-14(19)16(7-12)20-3/h5-9,11,19H,4,10H2,1-3H3. The number of hydrogen-bond acceptors (Lipinski definition) is 5. The summed E-state index contributed by atoms with van der Waals surface area (Å²) >= 11 is 0. The molecule has 5 heteroatoms. The van der Waals surface area contributed by atoms with Gasteiger partial charge in [0.1, 0.15) is 5.75 Å². The zero-order chi connectivity index (χ0) is 16.4. The van der Waals surface area contributed by atoms with Crippen molar-refractivity contribution in [2.75, 3.05) is 20.5 Å². The van der Waals surface area contributed by atoms with Gasteiger partial charge in [0.25, 0.3) is 0 Å². The summed E-state index contributed by atoms with van der Waals surface area (Å²) in [5.41, 5.74) is 2.02. The Kier molecular flexibility index (Phi) is 4.19. The second-order valence-electron chi connectivity index (χ2n) is 5.33. The van der Waals surface area contributed by atoms with Gasteiger partial charge >= 0.3 is 0 Å². The molecule has 2 aromatic carbocycles. The normalized spacial score (nSPS) is 13.7. The van der Waals surface area contributed by atoms with E-state index in [4.69, 9.17) is 18.9 Å². The van der Waals surface area contributed by atoms with Gasteiger partial charge in [-0.25, -0.2) is 0 Å². The van der Waals surface area contributed by atoms with Crippen LogP contribution in [0.2, 0.25) is 0 Å². The summed E-state index contributed by atoms with van der Waals surface area (Å²) in [6.07, 6.45) is 0. The van der Waals surface area contributed by atoms with Gasteiger partial charge in [0.2, 0.25) is 6.79 Å². The molecule has 0 saturated carbocycles. The summed E-state index contributed by atoms with van der Waals surface area (Å²) < 4.78 is 21.9. The highest BCUT2D eigenvalue weighted by Crippen LogP contribution is 2.43. The average molecular weight is 316 g/mol. The van der Waals surface area contributed by atoms with E-state index < -0.39 is 0 Å². The molecule has 0 bridgehead atoms. The van der Waals surface area contributed by atoms with Crippen molar-refractivity contribution >= 4 is 0 Å². The summed E-state index contributed by atoms with van der Waals surface area (Å²) in [7, 11) is 1.54. The fourth-order valence-corrected chi connectivity index (χ4v) is 2.70. The molecule has 1 N–H and O–H groups in total. The van der Waals surface area contributed by atoms with Crippen LogP contribution in [0.3, 0.4) is 0 Å². The molecule has 0 spiro atoms. The van der Waals surface area contributed by atoms with Crippen LogP contribution in [-0.4, -0.2) is 25.6 Å². The van der Waals surface area contributed by atoms with E-state index in [-0.39, 0.29) is 18.5 Å². The van der Waals surface area contributed by atoms with Gasteiger partial charge in [-0.2, -0.15) is 0 Å². The molecule has 0 saturated heterocycles. The van der Waals surface area contributed by atoms with Crippen LogP contribution in [-0.2, 0) is 0 Å². The van der Waals surface area contributed by atoms with Gasteiger partial charge < -0.3 is 24.1 Å². The van der Waals surface area contributed by atoms with E-state index in [9.17, 15) is 5.11 Å². The number of phenols is 1. The number of ether oxygens (including phenoxy) is 4. The minimum atomic E-state index is 0.0422. The number of hydrogen-bond donors (Lipinski definition) is 1. The van der Waals surface area contributed by atoms with Crippen LogP contribution in [0, 0.1) is 0 Å². The maximum absolute atomic E-state index is 9.77. The number of fused-ring (bicyclic) bond motifs is 1. The summed E-state index contributed by atoms with van der Waals surface area (Å²) in [6.45, 7) is 4.82. The summed E-state index contributed by atoms with van der Waals surface area (Å²) in [6, 6.07) is 9.17. The maximum atomic E-state index is 9.77. The SMILES string of the molecule is CCOc1cc2c(cc1C(C)c1ccc(O)c(OC)c1)OCO2. The van der Waals surface area contributed by atoms with Crippen molar-refractivity contribution in [3.8, 4) is 28.7 Å². The molecular weight excluding hydrogens is 296 g/mol. The molecule has 23 heavy (non-hydrogen) atoms. The molecule has 0 aromatic heterocycles. The fraction of sp³-hybridized carbons (Fsp3) is 0.333. The fourth-order valence-electron chi connectivity index (χ4n) is 2.70. The first-order valence-corrected chi connectivity index (χ1v) is 7.57. The van der Waals surface area contributed by atoms with Gasteiger partial charge in [0.05, 0.1) is 13.7 Å². The largest absolute Gasteiger partial charge is 0.504 e. The third kappa shape index (κ3) is 2.86. The monoisotopic (exact) mass is 316 g/mol. The third-order valence-corrected chi connectivity index (χ3v) is 3.98. The molecule has 0 fully saturated rings. The molecule has 2 aromatic rings. The zero-order valence-electron chi connectivity index (χ0n) is 13.5. The van der Waals surface area contributed by atoms with E-state index >= 15 is 0 Å². The van der Waals surface area contributed by atoms with Gasteiger partial charge in [-0.15, -0.1) is 0 Å². The topological polar surface area (TPSA) is 57.2 Å². The Morgan fingerprint density at radius 3 is 2.57 bits per heavy atom. The highest BCUT2D eigenvalue weighted by atomic mass is 16.7. The highest BCUT2D eigenvalue weighted by molar-refractivity contribution is 5.55. The van der Waals surface area contributed by atoms with Crippen molar-refractivity contribution in [3.63, 3.8) is 0 Å². The second kappa shape index (κ2) is 6.28. The Hall–Kier alpha value is -2.56. The number of phenolic OH excluding ortho intramolecular Hbond substituents is 1. The minimum absolute atomic E-state index is 0.0422. The quantitative estimate of drug-likeness (QED) is 0.912. The van der Waals surface area contributed by atoms with Crippen LogP contribution in [0.15, 0.2) is 30.3 Å². The molecule has 5 nitrogen and oxygen atoms in total. The molecule has 1 unspecified atom stereocenters. The molecule has 1 heterocycles. The lowest BCUT2D eigenvalue weighted by Gasteiger charge is -2.18. The lowest BCUT2D eigenvalue weighted by Crippen LogP contribution is -2.02. The first kappa shape index (κ1) is 15.3. The Balaban J connectivity index is 2.02. The van der Waals surface area contributed by atoms with Crippen molar-refractivity contribution < 1.29 is 24.1 Å². The first-order valence-electron chi connectivity index (χ1n) is 7.57. The van der Waals surface area contributed by atoms with E-state index in [0.29, 0.717) is 18.1 Å². The lowest BCUT2D eigenvalue weighted by atomic mass is 9.91. The van der Waals surface area contributed by atoms with Crippen molar-refractivity contribution in [3.05, 3.63) is 41.5 Å². The first-order chi connectivity index (χ1) is 11.1. The van der Waals surface area contributed by atoms with Crippen LogP contribution in [0.25, 0.3) is 0 Å². The van der Waals surface area contributed by atoms with Crippen LogP contribution in [0.4, 0.5) is 0 Å². The number of methoxy groups -OCH3 is 1. The Bertz CT molecular complexity index is 711. The molecule has 3 rings (SSSR count). The molecule has 0 amide bonds. The summed E-state index contributed by atoms with van der Waals surface area (Å²) in [4.78, 5) is 0. The van der Waals surface area contributed by atoms with E-state index in [1.807, 2.05) is 31.2 Å². The molecular formula is C18H20O5. The van der Waals surface area contributed by atoms with E-state index in [2.05, 4.69) is 6.92 Å². The van der Waals surface area contributed by atoms with Crippen LogP contribution in [0.1, 0.15) is 30.9 Å². The van der Waals surface area contributed by atoms with Crippen LogP contribution >= 0.6 is 0 Å². The van der Waals surface area contributed by atoms with Crippen molar-refractivity contribution in [1.82, 2.24) is 0 Å². The number of aromatic hydroxyl groups is 1. The Labute approximate surface area is 135 Å². The third-order valence-electron chi connectivity index (χ3n) is 3.98. The summed E-state index contributed by atoms with van der Waals surface area (Å²) in [5.74, 6) is 2.82. The Morgan fingerprint density at radius 2 is 1.87 bits per heavy atom.